The van der Waals surface area contributed by atoms with Crippen LogP contribution in [0.25, 0.3) is 0 Å². The molecule has 128 valence electrons. The number of aryl methyl sites for hydroxylation is 1. The minimum absolute atomic E-state index is 0.254. The molecule has 0 amide bonds. The maximum absolute atomic E-state index is 13.0. The third-order valence-corrected chi connectivity index (χ3v) is 6.17. The van der Waals surface area contributed by atoms with Gasteiger partial charge >= 0.3 is 0 Å². The molecule has 2 aromatic rings. The largest absolute Gasteiger partial charge is 0.496 e. The van der Waals surface area contributed by atoms with Gasteiger partial charge in [-0.15, -0.1) is 0 Å². The summed E-state index contributed by atoms with van der Waals surface area (Å²) >= 11 is 0. The molecule has 1 aliphatic heterocycles. The first-order valence-corrected chi connectivity index (χ1v) is 9.24. The highest BCUT2D eigenvalue weighted by atomic mass is 32.2. The van der Waals surface area contributed by atoms with Crippen LogP contribution < -0.4 is 4.74 Å². The summed E-state index contributed by atoms with van der Waals surface area (Å²) < 4.78 is 38.4. The lowest BCUT2D eigenvalue weighted by Crippen LogP contribution is -2.34. The molecular formula is C18H21NO4S. The van der Waals surface area contributed by atoms with E-state index in [0.29, 0.717) is 12.3 Å². The van der Waals surface area contributed by atoms with Crippen LogP contribution >= 0.6 is 0 Å². The number of benzene rings is 2. The average molecular weight is 347 g/mol. The molecule has 1 saturated heterocycles. The molecule has 2 atom stereocenters. The Bertz CT molecular complexity index is 820. The molecule has 0 radical (unpaired) electrons. The summed E-state index contributed by atoms with van der Waals surface area (Å²) in [5.74, 6) is 0.668. The number of hydrogen-bond donors (Lipinski definition) is 0. The normalized spacial score (nSPS) is 21.8. The Morgan fingerprint density at radius 2 is 1.88 bits per heavy atom. The van der Waals surface area contributed by atoms with Crippen LogP contribution in [-0.4, -0.2) is 32.6 Å². The Balaban J connectivity index is 1.89. The monoisotopic (exact) mass is 347 g/mol. The Morgan fingerprint density at radius 3 is 2.50 bits per heavy atom. The molecule has 24 heavy (non-hydrogen) atoms. The van der Waals surface area contributed by atoms with E-state index < -0.39 is 16.3 Å². The van der Waals surface area contributed by atoms with Crippen LogP contribution in [0.1, 0.15) is 24.2 Å². The smallest absolute Gasteiger partial charge is 0.245 e. The molecule has 1 aliphatic rings. The second-order valence-electron chi connectivity index (χ2n) is 5.84. The predicted molar refractivity (Wildman–Crippen MR) is 91.4 cm³/mol. The molecule has 2 aromatic carbocycles. The van der Waals surface area contributed by atoms with E-state index in [1.807, 2.05) is 37.3 Å². The van der Waals surface area contributed by atoms with Crippen LogP contribution in [0.3, 0.4) is 0 Å². The Hall–Kier alpha value is -1.89. The molecule has 0 aliphatic carbocycles. The van der Waals surface area contributed by atoms with E-state index in [0.717, 1.165) is 11.1 Å². The van der Waals surface area contributed by atoms with Crippen LogP contribution in [0.2, 0.25) is 0 Å². The lowest BCUT2D eigenvalue weighted by atomic mass is 10.1. The van der Waals surface area contributed by atoms with Crippen molar-refractivity contribution in [1.82, 2.24) is 4.31 Å². The van der Waals surface area contributed by atoms with Gasteiger partial charge in [0.1, 0.15) is 12.0 Å². The van der Waals surface area contributed by atoms with E-state index in [-0.39, 0.29) is 11.0 Å². The van der Waals surface area contributed by atoms with Gasteiger partial charge < -0.3 is 9.47 Å². The van der Waals surface area contributed by atoms with Gasteiger partial charge in [0.15, 0.2) is 0 Å². The van der Waals surface area contributed by atoms with E-state index >= 15 is 0 Å². The quantitative estimate of drug-likeness (QED) is 0.853. The number of rotatable bonds is 4. The van der Waals surface area contributed by atoms with Crippen molar-refractivity contribution >= 4 is 10.0 Å². The molecular weight excluding hydrogens is 326 g/mol. The third-order valence-electron chi connectivity index (χ3n) is 4.26. The molecule has 0 N–H and O–H groups in total. The van der Waals surface area contributed by atoms with Gasteiger partial charge in [0.25, 0.3) is 0 Å². The molecule has 2 unspecified atom stereocenters. The maximum atomic E-state index is 13.0. The number of hydrogen-bond acceptors (Lipinski definition) is 4. The van der Waals surface area contributed by atoms with Crippen LogP contribution in [0.5, 0.6) is 5.75 Å². The van der Waals surface area contributed by atoms with E-state index in [9.17, 15) is 8.42 Å². The molecule has 6 heteroatoms. The predicted octanol–water partition coefficient (Wildman–Crippen LogP) is 3.11. The van der Waals surface area contributed by atoms with Crippen molar-refractivity contribution in [2.75, 3.05) is 13.7 Å². The van der Waals surface area contributed by atoms with Crippen molar-refractivity contribution in [2.24, 2.45) is 0 Å². The number of ether oxygens (including phenoxy) is 2. The fourth-order valence-corrected chi connectivity index (χ4v) is 4.56. The molecule has 5 nitrogen and oxygen atoms in total. The summed E-state index contributed by atoms with van der Waals surface area (Å²) in [6.45, 7) is 3.89. The molecule has 1 fully saturated rings. The van der Waals surface area contributed by atoms with Gasteiger partial charge in [0.05, 0.1) is 18.1 Å². The van der Waals surface area contributed by atoms with Crippen LogP contribution in [0, 0.1) is 6.92 Å². The van der Waals surface area contributed by atoms with Crippen LogP contribution in [0.4, 0.5) is 0 Å². The lowest BCUT2D eigenvalue weighted by Gasteiger charge is -2.19. The number of sulfonamides is 1. The van der Waals surface area contributed by atoms with Crippen molar-refractivity contribution in [3.05, 3.63) is 59.7 Å². The summed E-state index contributed by atoms with van der Waals surface area (Å²) in [5, 5.41) is 0. The van der Waals surface area contributed by atoms with Crippen molar-refractivity contribution in [1.29, 1.82) is 0 Å². The summed E-state index contributed by atoms with van der Waals surface area (Å²) in [6.07, 6.45) is -0.766. The van der Waals surface area contributed by atoms with Gasteiger partial charge in [-0.2, -0.15) is 4.31 Å². The van der Waals surface area contributed by atoms with Crippen LogP contribution in [0.15, 0.2) is 53.4 Å². The van der Waals surface area contributed by atoms with Gasteiger partial charge in [-0.1, -0.05) is 30.3 Å². The zero-order chi connectivity index (χ0) is 17.3. The zero-order valence-electron chi connectivity index (χ0n) is 14.0. The molecule has 0 saturated carbocycles. The van der Waals surface area contributed by atoms with E-state index in [1.165, 1.54) is 4.31 Å². The molecule has 0 bridgehead atoms. The second kappa shape index (κ2) is 6.55. The van der Waals surface area contributed by atoms with Gasteiger partial charge in [0.2, 0.25) is 10.0 Å². The second-order valence-corrected chi connectivity index (χ2v) is 7.73. The summed E-state index contributed by atoms with van der Waals surface area (Å²) in [5.41, 5.74) is 1.76. The summed E-state index contributed by atoms with van der Waals surface area (Å²) in [4.78, 5) is 0.255. The van der Waals surface area contributed by atoms with Gasteiger partial charge in [-0.05, 0) is 43.2 Å². The standard InChI is InChI=1S/C18H21NO4S/c1-13-11-16(9-10-17(13)22-3)24(20,21)19-12-18(23-14(19)2)15-7-5-4-6-8-15/h4-11,14,18H,12H2,1-3H3. The summed E-state index contributed by atoms with van der Waals surface area (Å²) in [7, 11) is -2.06. The first kappa shape index (κ1) is 17.0. The number of nitrogens with zero attached hydrogens (tertiary/aromatic N) is 1. The first-order chi connectivity index (χ1) is 11.4. The Labute approximate surface area is 142 Å². The Morgan fingerprint density at radius 1 is 1.17 bits per heavy atom. The SMILES string of the molecule is COc1ccc(S(=O)(=O)N2CC(c3ccccc3)OC2C)cc1C. The molecule has 0 spiro atoms. The third kappa shape index (κ3) is 3.05. The van der Waals surface area contributed by atoms with E-state index in [2.05, 4.69) is 0 Å². The first-order valence-electron chi connectivity index (χ1n) is 7.80. The van der Waals surface area contributed by atoms with Crippen molar-refractivity contribution in [3.63, 3.8) is 0 Å². The average Bonchev–Trinajstić information content (AvgIpc) is 2.98. The number of methoxy groups -OCH3 is 1. The Kier molecular flexibility index (Phi) is 4.62. The fourth-order valence-electron chi connectivity index (χ4n) is 2.95. The van der Waals surface area contributed by atoms with Gasteiger partial charge in [-0.3, -0.25) is 0 Å². The summed E-state index contributed by atoms with van der Waals surface area (Å²) in [6, 6.07) is 14.6. The minimum atomic E-state index is -3.62. The molecule has 3 rings (SSSR count). The minimum Gasteiger partial charge on any atom is -0.496 e. The van der Waals surface area contributed by atoms with Crippen LogP contribution in [-0.2, 0) is 14.8 Å². The zero-order valence-corrected chi connectivity index (χ0v) is 14.8. The maximum Gasteiger partial charge on any atom is 0.245 e. The highest BCUT2D eigenvalue weighted by Crippen LogP contribution is 2.33. The van der Waals surface area contributed by atoms with Gasteiger partial charge in [0, 0.05) is 6.54 Å². The highest BCUT2D eigenvalue weighted by molar-refractivity contribution is 7.89. The molecule has 0 aromatic heterocycles. The highest BCUT2D eigenvalue weighted by Gasteiger charge is 2.39. The van der Waals surface area contributed by atoms with Crippen molar-refractivity contribution in [3.8, 4) is 5.75 Å². The van der Waals surface area contributed by atoms with Crippen molar-refractivity contribution < 1.29 is 17.9 Å². The van der Waals surface area contributed by atoms with E-state index in [1.54, 1.807) is 32.2 Å². The van der Waals surface area contributed by atoms with Crippen molar-refractivity contribution in [2.45, 2.75) is 31.1 Å². The topological polar surface area (TPSA) is 55.8 Å². The fraction of sp³-hybridized carbons (Fsp3) is 0.333. The van der Waals surface area contributed by atoms with E-state index in [4.69, 9.17) is 9.47 Å². The van der Waals surface area contributed by atoms with Gasteiger partial charge in [-0.25, -0.2) is 8.42 Å². The molecule has 1 heterocycles. The lowest BCUT2D eigenvalue weighted by molar-refractivity contribution is 0.0344.